The Morgan fingerprint density at radius 3 is 2.95 bits per heavy atom. The Balaban J connectivity index is 2.11. The molecule has 1 aromatic heterocycles. The van der Waals surface area contributed by atoms with E-state index in [1.165, 1.54) is 12.8 Å². The molecule has 2 heterocycles. The first-order valence-electron chi connectivity index (χ1n) is 7.52. The Morgan fingerprint density at radius 2 is 2.35 bits per heavy atom. The zero-order valence-corrected chi connectivity index (χ0v) is 14.0. The first-order chi connectivity index (χ1) is 9.63. The van der Waals surface area contributed by atoms with E-state index in [9.17, 15) is 4.79 Å². The fourth-order valence-electron chi connectivity index (χ4n) is 2.69. The SMILES string of the molecule is CCC(CBr)Cn1ncc(N2CCCC(C)C2)cc1=O. The average molecular weight is 342 g/mol. The van der Waals surface area contributed by atoms with Crippen LogP contribution < -0.4 is 10.5 Å². The van der Waals surface area contributed by atoms with E-state index >= 15 is 0 Å². The highest BCUT2D eigenvalue weighted by Crippen LogP contribution is 2.21. The van der Waals surface area contributed by atoms with Crippen molar-refractivity contribution >= 4 is 21.6 Å². The normalized spacial score (nSPS) is 20.9. The van der Waals surface area contributed by atoms with Crippen LogP contribution in [0.25, 0.3) is 0 Å². The molecule has 0 spiro atoms. The van der Waals surface area contributed by atoms with E-state index < -0.39 is 0 Å². The van der Waals surface area contributed by atoms with Crippen molar-refractivity contribution in [2.75, 3.05) is 23.3 Å². The monoisotopic (exact) mass is 341 g/mol. The summed E-state index contributed by atoms with van der Waals surface area (Å²) in [5.41, 5.74) is 0.991. The minimum absolute atomic E-state index is 0.0140. The van der Waals surface area contributed by atoms with Gasteiger partial charge in [-0.2, -0.15) is 5.10 Å². The number of hydrogen-bond donors (Lipinski definition) is 0. The second kappa shape index (κ2) is 7.25. The van der Waals surface area contributed by atoms with Gasteiger partial charge in [0.1, 0.15) is 0 Å². The number of alkyl halides is 1. The zero-order chi connectivity index (χ0) is 14.5. The van der Waals surface area contributed by atoms with Crippen LogP contribution in [0.4, 0.5) is 5.69 Å². The number of halogens is 1. The molecule has 0 amide bonds. The summed E-state index contributed by atoms with van der Waals surface area (Å²) < 4.78 is 1.59. The summed E-state index contributed by atoms with van der Waals surface area (Å²) in [4.78, 5) is 14.5. The van der Waals surface area contributed by atoms with Crippen molar-refractivity contribution in [2.24, 2.45) is 11.8 Å². The fraction of sp³-hybridized carbons (Fsp3) is 0.733. The number of hydrogen-bond acceptors (Lipinski definition) is 3. The lowest BCUT2D eigenvalue weighted by atomic mass is 10.00. The van der Waals surface area contributed by atoms with Crippen molar-refractivity contribution in [1.29, 1.82) is 0 Å². The van der Waals surface area contributed by atoms with Crippen molar-refractivity contribution in [3.05, 3.63) is 22.6 Å². The van der Waals surface area contributed by atoms with E-state index in [0.29, 0.717) is 18.4 Å². The Morgan fingerprint density at radius 1 is 1.55 bits per heavy atom. The van der Waals surface area contributed by atoms with Crippen LogP contribution in [0.5, 0.6) is 0 Å². The van der Waals surface area contributed by atoms with Gasteiger partial charge in [0.15, 0.2) is 0 Å². The van der Waals surface area contributed by atoms with Gasteiger partial charge in [0.2, 0.25) is 0 Å². The van der Waals surface area contributed by atoms with Gasteiger partial charge in [-0.15, -0.1) is 0 Å². The molecule has 0 N–H and O–H groups in total. The standard InChI is InChI=1S/C15H24BrN3O/c1-3-13(8-16)11-19-15(20)7-14(9-17-19)18-6-4-5-12(2)10-18/h7,9,12-13H,3-6,8,10-11H2,1-2H3. The van der Waals surface area contributed by atoms with E-state index in [0.717, 1.165) is 30.5 Å². The van der Waals surface area contributed by atoms with Crippen LogP contribution in [0.1, 0.15) is 33.1 Å². The topological polar surface area (TPSA) is 38.1 Å². The van der Waals surface area contributed by atoms with Gasteiger partial charge in [0.05, 0.1) is 11.9 Å². The first-order valence-corrected chi connectivity index (χ1v) is 8.64. The summed E-state index contributed by atoms with van der Waals surface area (Å²) in [6.45, 7) is 7.17. The zero-order valence-electron chi connectivity index (χ0n) is 12.4. The molecule has 1 aliphatic heterocycles. The molecule has 0 aliphatic carbocycles. The summed E-state index contributed by atoms with van der Waals surface area (Å²) >= 11 is 3.49. The van der Waals surface area contributed by atoms with E-state index in [1.54, 1.807) is 10.7 Å². The number of aromatic nitrogens is 2. The summed E-state index contributed by atoms with van der Waals surface area (Å²) in [7, 11) is 0. The third-order valence-electron chi connectivity index (χ3n) is 4.10. The van der Waals surface area contributed by atoms with Crippen LogP contribution in [0.3, 0.4) is 0 Å². The maximum atomic E-state index is 12.2. The molecule has 5 heteroatoms. The van der Waals surface area contributed by atoms with Crippen LogP contribution in [0.15, 0.2) is 17.1 Å². The van der Waals surface area contributed by atoms with Gasteiger partial charge in [-0.25, -0.2) is 4.68 Å². The third-order valence-corrected chi connectivity index (χ3v) is 5.02. The Labute approximate surface area is 129 Å². The molecule has 1 saturated heterocycles. The second-order valence-corrected chi connectivity index (χ2v) is 6.50. The first kappa shape index (κ1) is 15.5. The van der Waals surface area contributed by atoms with Gasteiger partial charge in [-0.1, -0.05) is 36.2 Å². The quantitative estimate of drug-likeness (QED) is 0.773. The van der Waals surface area contributed by atoms with Crippen molar-refractivity contribution < 1.29 is 0 Å². The van der Waals surface area contributed by atoms with Gasteiger partial charge in [0.25, 0.3) is 5.56 Å². The highest BCUT2D eigenvalue weighted by molar-refractivity contribution is 9.09. The van der Waals surface area contributed by atoms with Gasteiger partial charge in [0, 0.05) is 31.0 Å². The van der Waals surface area contributed by atoms with Gasteiger partial charge in [-0.3, -0.25) is 4.79 Å². The molecule has 2 unspecified atom stereocenters. The predicted molar refractivity (Wildman–Crippen MR) is 86.7 cm³/mol. The molecule has 1 aliphatic rings. The minimum Gasteiger partial charge on any atom is -0.370 e. The lowest BCUT2D eigenvalue weighted by molar-refractivity contribution is 0.427. The molecule has 4 nitrogen and oxygen atoms in total. The molecule has 0 bridgehead atoms. The lowest BCUT2D eigenvalue weighted by Crippen LogP contribution is -2.36. The van der Waals surface area contributed by atoms with Crippen molar-refractivity contribution in [3.8, 4) is 0 Å². The predicted octanol–water partition coefficient (Wildman–Crippen LogP) is 2.90. The molecular weight excluding hydrogens is 318 g/mol. The van der Waals surface area contributed by atoms with Crippen LogP contribution in [-0.2, 0) is 6.54 Å². The van der Waals surface area contributed by atoms with Crippen molar-refractivity contribution in [1.82, 2.24) is 9.78 Å². The van der Waals surface area contributed by atoms with Crippen LogP contribution in [0, 0.1) is 11.8 Å². The largest absolute Gasteiger partial charge is 0.370 e. The molecule has 0 saturated carbocycles. The van der Waals surface area contributed by atoms with E-state index in [-0.39, 0.29) is 5.56 Å². The maximum Gasteiger partial charge on any atom is 0.268 e. The third kappa shape index (κ3) is 3.84. The summed E-state index contributed by atoms with van der Waals surface area (Å²) in [5, 5.41) is 5.26. The molecule has 20 heavy (non-hydrogen) atoms. The van der Waals surface area contributed by atoms with Crippen molar-refractivity contribution in [3.63, 3.8) is 0 Å². The molecule has 2 rings (SSSR count). The van der Waals surface area contributed by atoms with Gasteiger partial charge in [-0.05, 0) is 24.7 Å². The molecular formula is C15H24BrN3O. The molecule has 1 aromatic rings. The smallest absolute Gasteiger partial charge is 0.268 e. The molecule has 0 radical (unpaired) electrons. The second-order valence-electron chi connectivity index (χ2n) is 5.86. The molecule has 112 valence electrons. The highest BCUT2D eigenvalue weighted by atomic mass is 79.9. The maximum absolute atomic E-state index is 12.2. The highest BCUT2D eigenvalue weighted by Gasteiger charge is 2.17. The molecule has 2 atom stereocenters. The number of rotatable bonds is 5. The Kier molecular flexibility index (Phi) is 5.64. The van der Waals surface area contributed by atoms with Gasteiger partial charge >= 0.3 is 0 Å². The summed E-state index contributed by atoms with van der Waals surface area (Å²) in [6.07, 6.45) is 5.38. The van der Waals surface area contributed by atoms with Crippen LogP contribution in [0.2, 0.25) is 0 Å². The Hall–Kier alpha value is -0.840. The van der Waals surface area contributed by atoms with Gasteiger partial charge < -0.3 is 4.90 Å². The Bertz CT molecular complexity index is 484. The minimum atomic E-state index is 0.0140. The average Bonchev–Trinajstić information content (AvgIpc) is 2.46. The van der Waals surface area contributed by atoms with Crippen LogP contribution in [-0.4, -0.2) is 28.2 Å². The summed E-state index contributed by atoms with van der Waals surface area (Å²) in [6, 6.07) is 1.74. The van der Waals surface area contributed by atoms with Crippen LogP contribution >= 0.6 is 15.9 Å². The van der Waals surface area contributed by atoms with Crippen molar-refractivity contribution in [2.45, 2.75) is 39.7 Å². The van der Waals surface area contributed by atoms with E-state index in [1.807, 2.05) is 6.20 Å². The van der Waals surface area contributed by atoms with E-state index in [4.69, 9.17) is 0 Å². The molecule has 0 aromatic carbocycles. The van der Waals surface area contributed by atoms with E-state index in [2.05, 4.69) is 39.8 Å². The number of nitrogens with zero attached hydrogens (tertiary/aromatic N) is 3. The number of anilines is 1. The summed E-state index contributed by atoms with van der Waals surface area (Å²) in [5.74, 6) is 1.16. The number of piperidine rings is 1. The fourth-order valence-corrected chi connectivity index (χ4v) is 3.35. The lowest BCUT2D eigenvalue weighted by Gasteiger charge is -2.32. The molecule has 1 fully saturated rings.